The molecule has 0 radical (unpaired) electrons. The molecule has 4 aliphatic heterocycles. The fourth-order valence-corrected chi connectivity index (χ4v) is 8.80. The number of amides is 3. The van der Waals surface area contributed by atoms with E-state index in [4.69, 9.17) is 58.0 Å². The number of hydrogen-bond donors (Lipinski definition) is 1. The molecule has 8 rings (SSSR count). The summed E-state index contributed by atoms with van der Waals surface area (Å²) < 4.78 is 26.2. The van der Waals surface area contributed by atoms with Crippen molar-refractivity contribution in [2.24, 2.45) is 10.2 Å². The summed E-state index contributed by atoms with van der Waals surface area (Å²) in [6.07, 6.45) is 7.07. The molecule has 0 atom stereocenters. The van der Waals surface area contributed by atoms with Crippen LogP contribution in [0.3, 0.4) is 0 Å². The van der Waals surface area contributed by atoms with Gasteiger partial charge in [-0.05, 0) is 97.1 Å². The quantitative estimate of drug-likeness (QED) is 0.199. The molecule has 4 aliphatic rings. The molecule has 4 aromatic carbocycles. The van der Waals surface area contributed by atoms with Crippen molar-refractivity contribution >= 4 is 120 Å². The molecule has 18 heteroatoms. The molecule has 0 bridgehead atoms. The number of thioether (sulfide) groups is 2. The maximum atomic E-state index is 13.2. The molecule has 4 heterocycles. The van der Waals surface area contributed by atoms with Gasteiger partial charge in [0.05, 0.1) is 42.6 Å². The number of imide groups is 1. The van der Waals surface area contributed by atoms with Crippen LogP contribution in [0.15, 0.2) is 141 Å². The summed E-state index contributed by atoms with van der Waals surface area (Å²) in [5.41, 5.74) is 2.41. The number of rotatable bonds is 5. The van der Waals surface area contributed by atoms with Gasteiger partial charge in [-0.1, -0.05) is 82.1 Å². The zero-order chi connectivity index (χ0) is 41.1. The maximum Gasteiger partial charge on any atom is 0.264 e. The summed E-state index contributed by atoms with van der Waals surface area (Å²) in [7, 11) is 0. The highest BCUT2D eigenvalue weighted by atomic mass is 35.5. The van der Waals surface area contributed by atoms with Crippen LogP contribution in [0.2, 0.25) is 20.1 Å². The molecule has 58 heavy (non-hydrogen) atoms. The Morgan fingerprint density at radius 1 is 0.655 bits per heavy atom. The van der Waals surface area contributed by atoms with E-state index in [1.807, 2.05) is 12.2 Å². The molecule has 0 spiro atoms. The highest BCUT2D eigenvalue weighted by Crippen LogP contribution is 2.40. The van der Waals surface area contributed by atoms with E-state index in [0.717, 1.165) is 14.7 Å². The van der Waals surface area contributed by atoms with Gasteiger partial charge in [0.1, 0.15) is 40.9 Å². The molecule has 294 valence electrons. The predicted octanol–water partition coefficient (Wildman–Crippen LogP) is 10.3. The molecule has 0 aromatic heterocycles. The number of benzene rings is 4. The Kier molecular flexibility index (Phi) is 13.0. The first-order chi connectivity index (χ1) is 27.9. The van der Waals surface area contributed by atoms with E-state index in [1.165, 1.54) is 52.8 Å². The number of nitrogens with one attached hydrogen (secondary N) is 1. The monoisotopic (exact) mass is 914 g/mol. The van der Waals surface area contributed by atoms with Crippen molar-refractivity contribution in [1.29, 1.82) is 0 Å². The zero-order valence-corrected chi connectivity index (χ0v) is 34.8. The van der Waals surface area contributed by atoms with E-state index in [9.17, 15) is 23.2 Å². The van der Waals surface area contributed by atoms with Gasteiger partial charge in [0, 0.05) is 20.9 Å². The first-order valence-corrected chi connectivity index (χ1v) is 20.6. The van der Waals surface area contributed by atoms with Crippen molar-refractivity contribution in [1.82, 2.24) is 20.2 Å². The number of hydrazone groups is 2. The lowest BCUT2D eigenvalue weighted by Gasteiger charge is -2.36. The first kappa shape index (κ1) is 41.6. The second kappa shape index (κ2) is 18.1. The normalized spacial score (nSPS) is 16.0. The molecule has 0 saturated heterocycles. The van der Waals surface area contributed by atoms with E-state index in [2.05, 4.69) is 15.5 Å². The summed E-state index contributed by atoms with van der Waals surface area (Å²) in [6.45, 7) is 0.126. The van der Waals surface area contributed by atoms with E-state index in [1.54, 1.807) is 77.8 Å². The molecule has 1 N–H and O–H groups in total. The highest BCUT2D eigenvalue weighted by molar-refractivity contribution is 8.14. The number of allylic oxidation sites excluding steroid dienone is 2. The van der Waals surface area contributed by atoms with Crippen LogP contribution < -0.4 is 5.32 Å². The SMILES string of the molecule is O=C(CCl)N1CN2N=C(Sc3ccc(F)cc3)C=CC2=C(c2c(Cl)cccc2Cl)C1=O.O=C1NCN2N=C(Sc3ccc(F)cc3)C=CC2=C1c1c(Cl)cccc1Cl. The number of alkyl halides is 1. The topological polar surface area (TPSA) is 97.7 Å². The van der Waals surface area contributed by atoms with Crippen molar-refractivity contribution in [3.8, 4) is 0 Å². The minimum atomic E-state index is -0.566. The first-order valence-electron chi connectivity index (χ1n) is 16.9. The van der Waals surface area contributed by atoms with Crippen LogP contribution in [0.25, 0.3) is 11.1 Å². The minimum absolute atomic E-state index is 0.108. The Bertz CT molecular complexity index is 2490. The van der Waals surface area contributed by atoms with Gasteiger partial charge in [0.15, 0.2) is 0 Å². The Balaban J connectivity index is 0.000000178. The van der Waals surface area contributed by atoms with Crippen LogP contribution >= 0.6 is 81.5 Å². The summed E-state index contributed by atoms with van der Waals surface area (Å²) in [5.74, 6) is -2.36. The van der Waals surface area contributed by atoms with Crippen LogP contribution in [0, 0.1) is 11.6 Å². The van der Waals surface area contributed by atoms with Crippen LogP contribution in [-0.2, 0) is 14.4 Å². The largest absolute Gasteiger partial charge is 0.333 e. The lowest BCUT2D eigenvalue weighted by molar-refractivity contribution is -0.142. The van der Waals surface area contributed by atoms with Crippen molar-refractivity contribution in [2.45, 2.75) is 9.79 Å². The van der Waals surface area contributed by atoms with E-state index in [0.29, 0.717) is 48.2 Å². The lowest BCUT2D eigenvalue weighted by atomic mass is 9.99. The van der Waals surface area contributed by atoms with Crippen LogP contribution in [-0.4, -0.2) is 61.9 Å². The third kappa shape index (κ3) is 9.01. The zero-order valence-electron chi connectivity index (χ0n) is 29.4. The van der Waals surface area contributed by atoms with Crippen molar-refractivity contribution < 1.29 is 23.2 Å². The van der Waals surface area contributed by atoms with E-state index < -0.39 is 11.8 Å². The Labute approximate surface area is 364 Å². The van der Waals surface area contributed by atoms with E-state index >= 15 is 0 Å². The molecule has 0 aliphatic carbocycles. The Morgan fingerprint density at radius 3 is 1.59 bits per heavy atom. The molecule has 0 saturated carbocycles. The number of carbonyl (C=O) groups excluding carboxylic acids is 3. The van der Waals surface area contributed by atoms with Crippen molar-refractivity contribution in [3.63, 3.8) is 0 Å². The number of halogens is 7. The summed E-state index contributed by atoms with van der Waals surface area (Å²) in [6, 6.07) is 22.2. The van der Waals surface area contributed by atoms with Gasteiger partial charge in [-0.15, -0.1) is 11.6 Å². The summed E-state index contributed by atoms with van der Waals surface area (Å²) in [4.78, 5) is 40.7. The van der Waals surface area contributed by atoms with Gasteiger partial charge in [-0.2, -0.15) is 10.2 Å². The molecular weight excluding hydrogens is 892 g/mol. The van der Waals surface area contributed by atoms with Gasteiger partial charge >= 0.3 is 0 Å². The number of hydrogen-bond acceptors (Lipinski definition) is 9. The van der Waals surface area contributed by atoms with Crippen LogP contribution in [0.1, 0.15) is 11.1 Å². The maximum absolute atomic E-state index is 13.2. The number of nitrogens with zero attached hydrogens (tertiary/aromatic N) is 5. The Hall–Kier alpha value is -4.60. The average Bonchev–Trinajstić information content (AvgIpc) is 3.21. The molecule has 0 unspecified atom stereocenters. The molecule has 4 aromatic rings. The molecular formula is C40H25Cl5F2N6O3S2. The van der Waals surface area contributed by atoms with E-state index in [-0.39, 0.29) is 52.4 Å². The summed E-state index contributed by atoms with van der Waals surface area (Å²) in [5, 5.41) is 17.7. The van der Waals surface area contributed by atoms with Gasteiger partial charge in [-0.25, -0.2) is 18.8 Å². The minimum Gasteiger partial charge on any atom is -0.333 e. The third-order valence-electron chi connectivity index (χ3n) is 8.54. The Morgan fingerprint density at radius 2 is 1.10 bits per heavy atom. The van der Waals surface area contributed by atoms with Crippen molar-refractivity contribution in [3.05, 3.63) is 163 Å². The summed E-state index contributed by atoms with van der Waals surface area (Å²) >= 11 is 33.7. The highest BCUT2D eigenvalue weighted by Gasteiger charge is 2.38. The van der Waals surface area contributed by atoms with Gasteiger partial charge in [0.25, 0.3) is 11.8 Å². The second-order valence-corrected chi connectivity index (χ2v) is 16.3. The van der Waals surface area contributed by atoms with Gasteiger partial charge in [-0.3, -0.25) is 19.3 Å². The fourth-order valence-electron chi connectivity index (χ4n) is 5.90. The fraction of sp³-hybridized carbons (Fsp3) is 0.0750. The lowest BCUT2D eigenvalue weighted by Crippen LogP contribution is -2.49. The average molecular weight is 917 g/mol. The van der Waals surface area contributed by atoms with Crippen LogP contribution in [0.5, 0.6) is 0 Å². The smallest absolute Gasteiger partial charge is 0.264 e. The second-order valence-electron chi connectivity index (χ2n) is 12.2. The van der Waals surface area contributed by atoms with Gasteiger partial charge in [0.2, 0.25) is 5.91 Å². The standard InChI is InChI=1S/C21H13Cl3FN3O2S.C19H12Cl2FN3OS/c22-10-18(29)27-11-28-16(20(21(27)30)19-14(23)2-1-3-15(19)24)8-9-17(26-28)31-13-6-4-12(25)5-7-13;20-13-2-1-3-14(21)17(13)18-15-8-9-16(24-25(15)10-23-19(18)26)27-12-6-4-11(22)5-7-12/h1-9H,10-11H2;1-9H,10H2,(H,23,26). The number of fused-ring (bicyclic) bond motifs is 2. The molecule has 3 amide bonds. The predicted molar refractivity (Wildman–Crippen MR) is 229 cm³/mol. The third-order valence-corrected chi connectivity index (χ3v) is 11.9. The molecule has 0 fully saturated rings. The van der Waals surface area contributed by atoms with Crippen molar-refractivity contribution in [2.75, 3.05) is 19.2 Å². The van der Waals surface area contributed by atoms with Gasteiger partial charge < -0.3 is 5.32 Å². The van der Waals surface area contributed by atoms with Crippen LogP contribution in [0.4, 0.5) is 8.78 Å². The molecule has 9 nitrogen and oxygen atoms in total. The number of carbonyl (C=O) groups is 3.